The van der Waals surface area contributed by atoms with Gasteiger partial charge in [-0.15, -0.1) is 0 Å². The molecule has 150 valence electrons. The van der Waals surface area contributed by atoms with Crippen molar-refractivity contribution in [3.63, 3.8) is 0 Å². The Morgan fingerprint density at radius 3 is 2.32 bits per heavy atom. The maximum atomic E-state index is 8.81. The van der Waals surface area contributed by atoms with E-state index < -0.39 is 0 Å². The highest BCUT2D eigenvalue weighted by atomic mass is 16.5. The molecule has 3 aromatic rings. The van der Waals surface area contributed by atoms with Gasteiger partial charge in [0.2, 0.25) is 0 Å². The molecule has 3 rings (SSSR count). The number of fused-ring (bicyclic) bond motifs is 1. The number of hydrogen-bond acceptors (Lipinski definition) is 5. The molecule has 0 saturated heterocycles. The monoisotopic (exact) mass is 383 g/mol. The minimum absolute atomic E-state index is 0.195. The summed E-state index contributed by atoms with van der Waals surface area (Å²) in [4.78, 5) is 8.81. The number of nitrogens with one attached hydrogen (secondary N) is 1. The van der Waals surface area contributed by atoms with Crippen LogP contribution in [0.5, 0.6) is 11.5 Å². The second-order valence-electron chi connectivity index (χ2n) is 6.38. The molecule has 5 nitrogen and oxygen atoms in total. The third kappa shape index (κ3) is 6.13. The van der Waals surface area contributed by atoms with Crippen molar-refractivity contribution >= 4 is 17.3 Å². The number of furan rings is 1. The molecule has 0 aliphatic carbocycles. The van der Waals surface area contributed by atoms with Crippen LogP contribution in [0.3, 0.4) is 0 Å². The fourth-order valence-corrected chi connectivity index (χ4v) is 2.56. The maximum Gasteiger partial charge on any atom is 0.134 e. The van der Waals surface area contributed by atoms with Crippen molar-refractivity contribution in [1.82, 2.24) is 5.32 Å². The average Bonchev–Trinajstić information content (AvgIpc) is 3.15. The number of ether oxygens (including phenoxy) is 2. The van der Waals surface area contributed by atoms with Gasteiger partial charge in [-0.3, -0.25) is 0 Å². The Labute approximate surface area is 166 Å². The molecule has 5 heteroatoms. The highest BCUT2D eigenvalue weighted by molar-refractivity contribution is 5.78. The first-order valence-electron chi connectivity index (χ1n) is 9.56. The lowest BCUT2D eigenvalue weighted by molar-refractivity contribution is -0.106. The molecular weight excluding hydrogens is 354 g/mol. The summed E-state index contributed by atoms with van der Waals surface area (Å²) in [5.74, 6) is 2.64. The zero-order valence-electron chi connectivity index (χ0n) is 17.0. The molecule has 0 radical (unpaired) electrons. The van der Waals surface area contributed by atoms with E-state index in [0.717, 1.165) is 53.1 Å². The molecule has 1 atom stereocenters. The van der Waals surface area contributed by atoms with Crippen LogP contribution < -0.4 is 14.8 Å². The molecule has 0 amide bonds. The summed E-state index contributed by atoms with van der Waals surface area (Å²) in [5.41, 5.74) is 1.97. The second-order valence-corrected chi connectivity index (χ2v) is 6.38. The van der Waals surface area contributed by atoms with Crippen molar-refractivity contribution in [2.45, 2.75) is 39.8 Å². The van der Waals surface area contributed by atoms with Crippen LogP contribution in [0.4, 0.5) is 0 Å². The zero-order valence-corrected chi connectivity index (χ0v) is 17.0. The zero-order chi connectivity index (χ0) is 20.4. The molecule has 0 aliphatic heterocycles. The van der Waals surface area contributed by atoms with Crippen LogP contribution in [0, 0.1) is 0 Å². The first-order valence-corrected chi connectivity index (χ1v) is 9.56. The normalized spacial score (nSPS) is 11.4. The SMILES string of the molecule is CC=O.CCCOc1ccc(OCc2ccc3cc(C(C)NC)oc3c2)cc1. The Morgan fingerprint density at radius 2 is 1.71 bits per heavy atom. The molecule has 2 aromatic carbocycles. The standard InChI is InChI=1S/C21H25NO3.C2H4O/c1-4-11-23-18-7-9-19(10-8-18)24-14-16-5-6-17-13-20(15(2)22-3)25-21(17)12-16;1-2-3/h5-10,12-13,15,22H,4,11,14H2,1-3H3;2H,1H3. The van der Waals surface area contributed by atoms with Crippen LogP contribution in [-0.2, 0) is 11.4 Å². The number of carbonyl (C=O) groups is 1. The average molecular weight is 383 g/mol. The van der Waals surface area contributed by atoms with Gasteiger partial charge in [-0.1, -0.05) is 19.1 Å². The largest absolute Gasteiger partial charge is 0.494 e. The predicted molar refractivity (Wildman–Crippen MR) is 112 cm³/mol. The number of carbonyl (C=O) groups excluding carboxylic acids is 1. The lowest BCUT2D eigenvalue weighted by atomic mass is 10.1. The van der Waals surface area contributed by atoms with E-state index in [0.29, 0.717) is 6.61 Å². The van der Waals surface area contributed by atoms with E-state index in [2.05, 4.69) is 37.4 Å². The Hall–Kier alpha value is -2.79. The highest BCUT2D eigenvalue weighted by Gasteiger charge is 2.10. The molecular formula is C23H29NO4. The van der Waals surface area contributed by atoms with Crippen LogP contribution in [0.25, 0.3) is 11.0 Å². The summed E-state index contributed by atoms with van der Waals surface area (Å²) in [7, 11) is 1.93. The molecule has 1 aromatic heterocycles. The number of hydrogen-bond donors (Lipinski definition) is 1. The van der Waals surface area contributed by atoms with Crippen molar-refractivity contribution in [3.05, 3.63) is 59.9 Å². The van der Waals surface area contributed by atoms with Gasteiger partial charge in [-0.25, -0.2) is 0 Å². The van der Waals surface area contributed by atoms with E-state index in [1.54, 1.807) is 0 Å². The minimum Gasteiger partial charge on any atom is -0.494 e. The molecule has 28 heavy (non-hydrogen) atoms. The van der Waals surface area contributed by atoms with Crippen molar-refractivity contribution in [1.29, 1.82) is 0 Å². The van der Waals surface area contributed by atoms with E-state index in [1.165, 1.54) is 6.92 Å². The van der Waals surface area contributed by atoms with Crippen LogP contribution in [0.2, 0.25) is 0 Å². The van der Waals surface area contributed by atoms with E-state index in [4.69, 9.17) is 18.7 Å². The Balaban J connectivity index is 0.000000878. The van der Waals surface area contributed by atoms with Crippen LogP contribution in [-0.4, -0.2) is 19.9 Å². The summed E-state index contributed by atoms with van der Waals surface area (Å²) in [6, 6.07) is 16.2. The molecule has 1 heterocycles. The Morgan fingerprint density at radius 1 is 1.07 bits per heavy atom. The highest BCUT2D eigenvalue weighted by Crippen LogP contribution is 2.25. The van der Waals surface area contributed by atoms with Gasteiger partial charge in [0.15, 0.2) is 0 Å². The van der Waals surface area contributed by atoms with Gasteiger partial charge < -0.3 is 24.0 Å². The van der Waals surface area contributed by atoms with Gasteiger partial charge in [0.1, 0.15) is 35.7 Å². The quantitative estimate of drug-likeness (QED) is 0.536. The van der Waals surface area contributed by atoms with E-state index in [-0.39, 0.29) is 6.04 Å². The summed E-state index contributed by atoms with van der Waals surface area (Å²) in [6.45, 7) is 6.85. The Kier molecular flexibility index (Phi) is 8.56. The van der Waals surface area contributed by atoms with Gasteiger partial charge in [-0.05, 0) is 69.3 Å². The van der Waals surface area contributed by atoms with Crippen molar-refractivity contribution in [2.24, 2.45) is 0 Å². The third-order valence-corrected chi connectivity index (χ3v) is 4.17. The van der Waals surface area contributed by atoms with E-state index in [1.807, 2.05) is 37.4 Å². The molecule has 0 saturated carbocycles. The molecule has 0 aliphatic rings. The van der Waals surface area contributed by atoms with Crippen molar-refractivity contribution in [2.75, 3.05) is 13.7 Å². The first kappa shape index (κ1) is 21.5. The number of rotatable bonds is 8. The van der Waals surface area contributed by atoms with Gasteiger partial charge in [0, 0.05) is 5.39 Å². The second kappa shape index (κ2) is 11.1. The lowest BCUT2D eigenvalue weighted by Crippen LogP contribution is -2.10. The summed E-state index contributed by atoms with van der Waals surface area (Å²) in [6.07, 6.45) is 1.75. The third-order valence-electron chi connectivity index (χ3n) is 4.17. The maximum absolute atomic E-state index is 8.81. The van der Waals surface area contributed by atoms with Gasteiger partial charge >= 0.3 is 0 Å². The topological polar surface area (TPSA) is 60.7 Å². The summed E-state index contributed by atoms with van der Waals surface area (Å²) in [5, 5.41) is 4.30. The number of aldehydes is 1. The Bertz CT molecular complexity index is 855. The smallest absolute Gasteiger partial charge is 0.134 e. The number of benzene rings is 2. The minimum atomic E-state index is 0.195. The molecule has 0 fully saturated rings. The summed E-state index contributed by atoms with van der Waals surface area (Å²) < 4.78 is 17.4. The molecule has 0 bridgehead atoms. The lowest BCUT2D eigenvalue weighted by Gasteiger charge is -2.08. The van der Waals surface area contributed by atoms with Crippen LogP contribution in [0.15, 0.2) is 52.9 Å². The molecule has 1 N–H and O–H groups in total. The van der Waals surface area contributed by atoms with Gasteiger partial charge in [-0.2, -0.15) is 0 Å². The fourth-order valence-electron chi connectivity index (χ4n) is 2.56. The van der Waals surface area contributed by atoms with Crippen LogP contribution in [0.1, 0.15) is 44.6 Å². The van der Waals surface area contributed by atoms with Crippen molar-refractivity contribution < 1.29 is 18.7 Å². The fraction of sp³-hybridized carbons (Fsp3) is 0.348. The van der Waals surface area contributed by atoms with Gasteiger partial charge in [0.25, 0.3) is 0 Å². The van der Waals surface area contributed by atoms with E-state index in [9.17, 15) is 0 Å². The summed E-state index contributed by atoms with van der Waals surface area (Å²) >= 11 is 0. The van der Waals surface area contributed by atoms with Gasteiger partial charge in [0.05, 0.1) is 12.6 Å². The van der Waals surface area contributed by atoms with E-state index >= 15 is 0 Å². The van der Waals surface area contributed by atoms with Crippen LogP contribution >= 0.6 is 0 Å². The first-order chi connectivity index (χ1) is 13.6. The molecule has 1 unspecified atom stereocenters. The van der Waals surface area contributed by atoms with Crippen molar-refractivity contribution in [3.8, 4) is 11.5 Å². The predicted octanol–water partition coefficient (Wildman–Crippen LogP) is 5.29. The molecule has 0 spiro atoms.